The lowest BCUT2D eigenvalue weighted by Crippen LogP contribution is -2.43. The van der Waals surface area contributed by atoms with Crippen LogP contribution in [0.25, 0.3) is 0 Å². The molecule has 2 bridgehead atoms. The number of morpholine rings is 1. The number of ether oxygens (including phenoxy) is 1. The third-order valence-corrected chi connectivity index (χ3v) is 4.68. The summed E-state index contributed by atoms with van der Waals surface area (Å²) in [5, 5.41) is 14.3. The van der Waals surface area contributed by atoms with E-state index in [0.717, 1.165) is 18.4 Å². The van der Waals surface area contributed by atoms with Crippen LogP contribution in [0.1, 0.15) is 24.8 Å². The molecule has 1 aromatic carbocycles. The van der Waals surface area contributed by atoms with Gasteiger partial charge in [-0.25, -0.2) is 0 Å². The van der Waals surface area contributed by atoms with Gasteiger partial charge < -0.3 is 15.0 Å². The van der Waals surface area contributed by atoms with Gasteiger partial charge in [0.2, 0.25) is 5.91 Å². The lowest BCUT2D eigenvalue weighted by Gasteiger charge is -2.34. The highest BCUT2D eigenvalue weighted by molar-refractivity contribution is 5.95. The Kier molecular flexibility index (Phi) is 3.04. The zero-order valence-electron chi connectivity index (χ0n) is 12.1. The zero-order valence-corrected chi connectivity index (χ0v) is 12.1. The Morgan fingerprint density at radius 2 is 1.95 bits per heavy atom. The Bertz CT molecular complexity index is 648. The third-order valence-electron chi connectivity index (χ3n) is 4.68. The van der Waals surface area contributed by atoms with Crippen LogP contribution < -0.4 is 10.2 Å². The summed E-state index contributed by atoms with van der Waals surface area (Å²) < 4.78 is 5.80. The maximum absolute atomic E-state index is 11.6. The Balaban J connectivity index is 1.75. The molecular weight excluding hydrogens is 286 g/mol. The van der Waals surface area contributed by atoms with E-state index in [-0.39, 0.29) is 28.7 Å². The fourth-order valence-electron chi connectivity index (χ4n) is 3.62. The lowest BCUT2D eigenvalue weighted by molar-refractivity contribution is -0.384. The van der Waals surface area contributed by atoms with Crippen LogP contribution in [0.4, 0.5) is 17.1 Å². The number of rotatable bonds is 2. The Morgan fingerprint density at radius 1 is 1.23 bits per heavy atom. The second kappa shape index (κ2) is 4.95. The van der Waals surface area contributed by atoms with Crippen LogP contribution in [-0.2, 0) is 16.0 Å². The number of amides is 1. The van der Waals surface area contributed by atoms with E-state index >= 15 is 0 Å². The van der Waals surface area contributed by atoms with Gasteiger partial charge in [0.1, 0.15) is 5.69 Å². The first kappa shape index (κ1) is 13.5. The van der Waals surface area contributed by atoms with E-state index in [9.17, 15) is 14.9 Å². The number of anilines is 2. The molecule has 116 valence electrons. The first-order chi connectivity index (χ1) is 10.6. The van der Waals surface area contributed by atoms with Crippen molar-refractivity contribution in [2.45, 2.75) is 37.9 Å². The topological polar surface area (TPSA) is 84.7 Å². The van der Waals surface area contributed by atoms with Crippen molar-refractivity contribution >= 4 is 23.0 Å². The molecular formula is C15H17N3O4. The van der Waals surface area contributed by atoms with E-state index in [1.807, 2.05) is 4.90 Å². The lowest BCUT2D eigenvalue weighted by atomic mass is 10.0. The smallest absolute Gasteiger partial charge is 0.292 e. The number of hydrogen-bond donors (Lipinski definition) is 1. The monoisotopic (exact) mass is 303 g/mol. The predicted octanol–water partition coefficient (Wildman–Crippen LogP) is 1.85. The van der Waals surface area contributed by atoms with Crippen LogP contribution in [0.15, 0.2) is 12.1 Å². The van der Waals surface area contributed by atoms with E-state index in [1.54, 1.807) is 12.1 Å². The van der Waals surface area contributed by atoms with Gasteiger partial charge in [0.05, 0.1) is 17.1 Å². The molecule has 2 saturated heterocycles. The molecule has 0 spiro atoms. The van der Waals surface area contributed by atoms with E-state index in [4.69, 9.17) is 4.74 Å². The number of hydrogen-bond acceptors (Lipinski definition) is 5. The number of carbonyl (C=O) groups excluding carboxylic acids is 1. The first-order valence-electron chi connectivity index (χ1n) is 7.62. The third kappa shape index (κ3) is 2.21. The van der Waals surface area contributed by atoms with Crippen molar-refractivity contribution in [2.75, 3.05) is 23.3 Å². The molecule has 1 N–H and O–H groups in total. The molecule has 1 amide bonds. The van der Waals surface area contributed by atoms with Crippen molar-refractivity contribution < 1.29 is 14.5 Å². The van der Waals surface area contributed by atoms with Crippen LogP contribution >= 0.6 is 0 Å². The number of benzene rings is 1. The molecule has 0 aliphatic carbocycles. The number of aryl methyl sites for hydroxylation is 1. The molecule has 2 fully saturated rings. The minimum atomic E-state index is -0.330. The molecule has 3 heterocycles. The van der Waals surface area contributed by atoms with Gasteiger partial charge in [0.25, 0.3) is 5.69 Å². The maximum atomic E-state index is 11.6. The van der Waals surface area contributed by atoms with Crippen molar-refractivity contribution in [1.29, 1.82) is 0 Å². The van der Waals surface area contributed by atoms with Gasteiger partial charge in [-0.05, 0) is 30.9 Å². The van der Waals surface area contributed by atoms with Gasteiger partial charge in [-0.2, -0.15) is 0 Å². The highest BCUT2D eigenvalue weighted by Gasteiger charge is 2.36. The molecule has 22 heavy (non-hydrogen) atoms. The summed E-state index contributed by atoms with van der Waals surface area (Å²) in [6.07, 6.45) is 3.27. The molecule has 7 heteroatoms. The van der Waals surface area contributed by atoms with Gasteiger partial charge in [0, 0.05) is 31.3 Å². The number of nitrogens with one attached hydrogen (secondary N) is 1. The molecule has 1 aromatic rings. The normalized spacial score (nSPS) is 26.5. The first-order valence-corrected chi connectivity index (χ1v) is 7.62. The van der Waals surface area contributed by atoms with Crippen LogP contribution in [0.3, 0.4) is 0 Å². The van der Waals surface area contributed by atoms with Gasteiger partial charge in [-0.15, -0.1) is 0 Å². The zero-order chi connectivity index (χ0) is 15.3. The molecule has 2 atom stereocenters. The fourth-order valence-corrected chi connectivity index (χ4v) is 3.62. The van der Waals surface area contributed by atoms with Crippen molar-refractivity contribution in [2.24, 2.45) is 0 Å². The van der Waals surface area contributed by atoms with Crippen LogP contribution in [0.2, 0.25) is 0 Å². The largest absolute Gasteiger partial charge is 0.371 e. The Labute approximate surface area is 127 Å². The summed E-state index contributed by atoms with van der Waals surface area (Å²) in [6, 6.07) is 3.37. The second-order valence-corrected chi connectivity index (χ2v) is 6.17. The maximum Gasteiger partial charge on any atom is 0.292 e. The number of fused-ring (bicyclic) bond motifs is 3. The minimum Gasteiger partial charge on any atom is -0.371 e. The van der Waals surface area contributed by atoms with Gasteiger partial charge in [-0.1, -0.05) is 0 Å². The van der Waals surface area contributed by atoms with Gasteiger partial charge in [-0.3, -0.25) is 14.9 Å². The van der Waals surface area contributed by atoms with E-state index in [2.05, 4.69) is 5.32 Å². The summed E-state index contributed by atoms with van der Waals surface area (Å²) >= 11 is 0. The van der Waals surface area contributed by atoms with Crippen molar-refractivity contribution in [1.82, 2.24) is 0 Å². The van der Waals surface area contributed by atoms with E-state index in [0.29, 0.717) is 37.3 Å². The van der Waals surface area contributed by atoms with Crippen molar-refractivity contribution in [3.05, 3.63) is 27.8 Å². The highest BCUT2D eigenvalue weighted by atomic mass is 16.6. The molecule has 4 rings (SSSR count). The quantitative estimate of drug-likeness (QED) is 0.665. The number of nitro benzene ring substituents is 1. The predicted molar refractivity (Wildman–Crippen MR) is 80.2 cm³/mol. The average Bonchev–Trinajstić information content (AvgIpc) is 2.84. The standard InChI is InChI=1S/C15H17N3O4/c19-15-4-1-9-5-14(18(20)21)13(6-12(9)16-15)17-7-10-2-3-11(8-17)22-10/h5-6,10-11H,1-4,7-8H2,(H,16,19). The SMILES string of the molecule is O=C1CCc2cc([N+](=O)[O-])c(N3CC4CCC(C3)O4)cc2N1. The molecule has 0 aromatic heterocycles. The molecule has 3 aliphatic rings. The summed E-state index contributed by atoms with van der Waals surface area (Å²) in [7, 11) is 0. The number of nitrogens with zero attached hydrogens (tertiary/aromatic N) is 2. The summed E-state index contributed by atoms with van der Waals surface area (Å²) in [4.78, 5) is 24.7. The van der Waals surface area contributed by atoms with E-state index < -0.39 is 0 Å². The molecule has 0 radical (unpaired) electrons. The molecule has 0 saturated carbocycles. The Hall–Kier alpha value is -2.15. The summed E-state index contributed by atoms with van der Waals surface area (Å²) in [5.41, 5.74) is 2.25. The van der Waals surface area contributed by atoms with Gasteiger partial charge in [0.15, 0.2) is 0 Å². The number of nitro groups is 1. The summed E-state index contributed by atoms with van der Waals surface area (Å²) in [6.45, 7) is 1.34. The highest BCUT2D eigenvalue weighted by Crippen LogP contribution is 2.39. The van der Waals surface area contributed by atoms with Gasteiger partial charge >= 0.3 is 0 Å². The van der Waals surface area contributed by atoms with Crippen molar-refractivity contribution in [3.8, 4) is 0 Å². The second-order valence-electron chi connectivity index (χ2n) is 6.17. The fraction of sp³-hybridized carbons (Fsp3) is 0.533. The molecule has 7 nitrogen and oxygen atoms in total. The van der Waals surface area contributed by atoms with Crippen LogP contribution in [0, 0.1) is 10.1 Å². The summed E-state index contributed by atoms with van der Waals surface area (Å²) in [5.74, 6) is -0.0330. The van der Waals surface area contributed by atoms with Crippen LogP contribution in [-0.4, -0.2) is 36.1 Å². The Morgan fingerprint density at radius 3 is 2.64 bits per heavy atom. The number of carbonyl (C=O) groups is 1. The average molecular weight is 303 g/mol. The molecule has 2 unspecified atom stereocenters. The van der Waals surface area contributed by atoms with E-state index in [1.165, 1.54) is 0 Å². The van der Waals surface area contributed by atoms with Crippen molar-refractivity contribution in [3.63, 3.8) is 0 Å². The van der Waals surface area contributed by atoms with Crippen LogP contribution in [0.5, 0.6) is 0 Å². The molecule has 3 aliphatic heterocycles. The minimum absolute atomic E-state index is 0.0330.